The van der Waals surface area contributed by atoms with Crippen LogP contribution in [0.15, 0.2) is 61.2 Å². The first-order chi connectivity index (χ1) is 26.4. The second-order valence-electron chi connectivity index (χ2n) is 17.2. The van der Waals surface area contributed by atoms with Gasteiger partial charge >= 0.3 is 6.09 Å². The van der Waals surface area contributed by atoms with Crippen molar-refractivity contribution in [1.82, 2.24) is 30.2 Å². The molecule has 3 aromatic rings. The van der Waals surface area contributed by atoms with Crippen molar-refractivity contribution < 1.29 is 37.1 Å². The largest absolute Gasteiger partial charge is 0.471 e. The lowest BCUT2D eigenvalue weighted by Gasteiger charge is -2.36. The van der Waals surface area contributed by atoms with Crippen molar-refractivity contribution in [2.75, 3.05) is 6.54 Å². The zero-order chi connectivity index (χ0) is 40.2. The van der Waals surface area contributed by atoms with Gasteiger partial charge in [-0.3, -0.25) is 19.1 Å². The van der Waals surface area contributed by atoms with Gasteiger partial charge in [-0.15, -0.1) is 6.58 Å². The van der Waals surface area contributed by atoms with Gasteiger partial charge in [-0.25, -0.2) is 23.2 Å². The average Bonchev–Trinajstić information content (AvgIpc) is 4.06. The predicted molar refractivity (Wildman–Crippen MR) is 209 cm³/mol. The first-order valence-corrected chi connectivity index (χ1v) is 20.8. The van der Waals surface area contributed by atoms with Gasteiger partial charge in [-0.05, 0) is 75.5 Å². The fourth-order valence-corrected chi connectivity index (χ4v) is 9.00. The predicted octanol–water partition coefficient (Wildman–Crippen LogP) is 4.57. The molecule has 1 saturated heterocycles. The van der Waals surface area contributed by atoms with E-state index in [1.54, 1.807) is 20.8 Å². The third-order valence-corrected chi connectivity index (χ3v) is 12.9. The van der Waals surface area contributed by atoms with Crippen LogP contribution in [0.1, 0.15) is 78.7 Å². The number of alkyl carbamates (subject to hydrolysis) is 1. The number of amides is 4. The number of aromatic nitrogens is 2. The van der Waals surface area contributed by atoms with E-state index in [4.69, 9.17) is 19.4 Å². The highest BCUT2D eigenvalue weighted by atomic mass is 32.2. The first-order valence-electron chi connectivity index (χ1n) is 19.2. The summed E-state index contributed by atoms with van der Waals surface area (Å²) in [5.74, 6) is -2.38. The lowest BCUT2D eigenvalue weighted by Crippen LogP contribution is -2.60. The van der Waals surface area contributed by atoms with Gasteiger partial charge in [0.1, 0.15) is 35.0 Å². The molecule has 2 saturated carbocycles. The summed E-state index contributed by atoms with van der Waals surface area (Å²) in [5, 5.41) is 4.96. The number of cyclic esters (lactones) is 1. The molecule has 4 aliphatic rings. The van der Waals surface area contributed by atoms with E-state index >= 15 is 0 Å². The van der Waals surface area contributed by atoms with E-state index in [0.29, 0.717) is 48.8 Å². The van der Waals surface area contributed by atoms with E-state index in [9.17, 15) is 27.6 Å². The standard InChI is InChI=1S/C41H50N6O8S/c1-7-26-22-41(26,37(50)46-56(52,53)28-16-17-28)45-34(48)31-21-27-23-47(31)36(49)33(39(2,3)4)44-38(51)55-40(5,6)19-11-12-24-15-18-29-30(20-24)43-35(54-27)32(42-29)25-13-9-8-10-14-25/h7-10,13-15,18,20,26-28,31,33H,1,11-12,16-17,19,21-23H2,2-6H3,(H,44,51)(H,45,48)(H,46,50)/t26-,27-,31+,33-,41+/m1/s1. The number of rotatable bonds is 7. The molecule has 3 fully saturated rings. The van der Waals surface area contributed by atoms with Crippen LogP contribution in [0.5, 0.6) is 5.88 Å². The number of hydrogen-bond donors (Lipinski definition) is 3. The Bertz CT molecular complexity index is 2180. The molecule has 3 heterocycles. The maximum Gasteiger partial charge on any atom is 0.408 e. The summed E-state index contributed by atoms with van der Waals surface area (Å²) in [4.78, 5) is 67.5. The van der Waals surface area contributed by atoms with Crippen molar-refractivity contribution >= 4 is 44.9 Å². The second-order valence-corrected chi connectivity index (χ2v) is 19.1. The number of nitrogens with zero attached hydrogens (tertiary/aromatic N) is 3. The third kappa shape index (κ3) is 8.09. The first kappa shape index (κ1) is 39.2. The zero-order valence-corrected chi connectivity index (χ0v) is 33.3. The monoisotopic (exact) mass is 786 g/mol. The minimum atomic E-state index is -3.91. The summed E-state index contributed by atoms with van der Waals surface area (Å²) in [7, 11) is -3.91. The Morgan fingerprint density at radius 2 is 1.79 bits per heavy atom. The van der Waals surface area contributed by atoms with Crippen molar-refractivity contribution in [2.45, 2.75) is 114 Å². The molecule has 56 heavy (non-hydrogen) atoms. The molecule has 5 bridgehead atoms. The van der Waals surface area contributed by atoms with Crippen molar-refractivity contribution in [3.8, 4) is 17.1 Å². The Balaban J connectivity index is 1.27. The molecule has 15 heteroatoms. The Hall–Kier alpha value is -5.05. The van der Waals surface area contributed by atoms with Crippen LogP contribution in [0, 0.1) is 11.3 Å². The topological polar surface area (TPSA) is 186 Å². The molecule has 7 rings (SSSR count). The molecule has 4 amide bonds. The average molecular weight is 787 g/mol. The summed E-state index contributed by atoms with van der Waals surface area (Å²) < 4.78 is 40.2. The highest BCUT2D eigenvalue weighted by Gasteiger charge is 2.62. The van der Waals surface area contributed by atoms with Crippen LogP contribution in [-0.2, 0) is 35.6 Å². The van der Waals surface area contributed by atoms with Crippen LogP contribution >= 0.6 is 0 Å². The van der Waals surface area contributed by atoms with Gasteiger partial charge in [0.15, 0.2) is 0 Å². The molecular weight excluding hydrogens is 737 g/mol. The van der Waals surface area contributed by atoms with Crippen molar-refractivity contribution in [2.24, 2.45) is 11.3 Å². The van der Waals surface area contributed by atoms with Crippen LogP contribution in [0.4, 0.5) is 4.79 Å². The van der Waals surface area contributed by atoms with Crippen LogP contribution in [0.2, 0.25) is 0 Å². The highest BCUT2D eigenvalue weighted by Crippen LogP contribution is 2.46. The van der Waals surface area contributed by atoms with E-state index < -0.39 is 79.7 Å². The number of nitrogens with one attached hydrogen (secondary N) is 3. The molecule has 1 aromatic heterocycles. The fraction of sp³-hybridized carbons (Fsp3) is 0.512. The molecule has 14 nitrogen and oxygen atoms in total. The lowest BCUT2D eigenvalue weighted by atomic mass is 9.85. The summed E-state index contributed by atoms with van der Waals surface area (Å²) in [5.41, 5.74) is 0.288. The van der Waals surface area contributed by atoms with E-state index in [1.165, 1.54) is 11.0 Å². The van der Waals surface area contributed by atoms with Gasteiger partial charge in [0, 0.05) is 17.9 Å². The van der Waals surface area contributed by atoms with Gasteiger partial charge in [0.2, 0.25) is 27.7 Å². The van der Waals surface area contributed by atoms with Gasteiger partial charge in [-0.2, -0.15) is 0 Å². The summed E-state index contributed by atoms with van der Waals surface area (Å²) >= 11 is 0. The Morgan fingerprint density at radius 3 is 2.45 bits per heavy atom. The molecule has 2 aliphatic carbocycles. The van der Waals surface area contributed by atoms with Gasteiger partial charge in [-0.1, -0.05) is 63.2 Å². The maximum absolute atomic E-state index is 14.7. The van der Waals surface area contributed by atoms with Crippen molar-refractivity contribution in [1.29, 1.82) is 0 Å². The number of hydrogen-bond acceptors (Lipinski definition) is 10. The molecule has 2 aliphatic heterocycles. The number of carbonyl (C=O) groups excluding carboxylic acids is 4. The van der Waals surface area contributed by atoms with Gasteiger partial charge in [0.25, 0.3) is 5.91 Å². The number of sulfonamides is 1. The smallest absolute Gasteiger partial charge is 0.408 e. The Morgan fingerprint density at radius 1 is 1.05 bits per heavy atom. The fourth-order valence-electron chi connectivity index (χ4n) is 7.64. The maximum atomic E-state index is 14.7. The quantitative estimate of drug-likeness (QED) is 0.287. The number of fused-ring (bicyclic) bond motifs is 4. The van der Waals surface area contributed by atoms with Gasteiger partial charge < -0.3 is 25.0 Å². The molecular formula is C41H50N6O8S. The van der Waals surface area contributed by atoms with Crippen LogP contribution < -0.4 is 20.1 Å². The third-order valence-electron chi connectivity index (χ3n) is 11.1. The number of ether oxygens (including phenoxy) is 2. The normalized spacial score (nSPS) is 26.7. The molecule has 3 N–H and O–H groups in total. The van der Waals surface area contributed by atoms with E-state index in [-0.39, 0.29) is 25.3 Å². The Labute approximate surface area is 327 Å². The zero-order valence-electron chi connectivity index (χ0n) is 32.5. The number of carbonyl (C=O) groups is 4. The summed E-state index contributed by atoms with van der Waals surface area (Å²) in [6.07, 6.45) is 2.95. The minimum Gasteiger partial charge on any atom is -0.471 e. The SMILES string of the molecule is C=C[C@@H]1C[C@@]1(NC(=O)[C@@H]1C[C@@H]2CN1C(=O)[C@H](C(C)(C)C)NC(=O)OC(C)(C)CCCc1ccc3nc(-c4ccccc4)c(nc3c1)O2)C(=O)NS(=O)(=O)C1CC1. The highest BCUT2D eigenvalue weighted by molar-refractivity contribution is 7.91. The number of benzene rings is 2. The second kappa shape index (κ2) is 14.5. The molecule has 0 unspecified atom stereocenters. The number of aryl methyl sites for hydroxylation is 1. The summed E-state index contributed by atoms with van der Waals surface area (Å²) in [6, 6.07) is 13.0. The lowest BCUT2D eigenvalue weighted by molar-refractivity contribution is -0.143. The van der Waals surface area contributed by atoms with E-state index in [0.717, 1.165) is 11.1 Å². The Kier molecular flexibility index (Phi) is 10.1. The van der Waals surface area contributed by atoms with Crippen LogP contribution in [0.25, 0.3) is 22.3 Å². The van der Waals surface area contributed by atoms with Crippen molar-refractivity contribution in [3.05, 3.63) is 66.7 Å². The molecule has 5 atom stereocenters. The van der Waals surface area contributed by atoms with Crippen molar-refractivity contribution in [3.63, 3.8) is 0 Å². The molecule has 298 valence electrons. The summed E-state index contributed by atoms with van der Waals surface area (Å²) in [6.45, 7) is 12.8. The van der Waals surface area contributed by atoms with E-state index in [1.807, 2.05) is 62.4 Å². The van der Waals surface area contributed by atoms with Crippen LogP contribution in [-0.4, -0.2) is 88.2 Å². The minimum absolute atomic E-state index is 0.00325. The van der Waals surface area contributed by atoms with Gasteiger partial charge in [0.05, 0.1) is 22.8 Å². The molecule has 0 spiro atoms. The molecule has 0 radical (unpaired) electrons. The van der Waals surface area contributed by atoms with E-state index in [2.05, 4.69) is 21.9 Å². The van der Waals surface area contributed by atoms with Crippen LogP contribution in [0.3, 0.4) is 0 Å². The molecule has 2 aromatic carbocycles.